The van der Waals surface area contributed by atoms with E-state index in [0.29, 0.717) is 11.3 Å². The minimum atomic E-state index is -0.394. The Morgan fingerprint density at radius 2 is 1.89 bits per heavy atom. The summed E-state index contributed by atoms with van der Waals surface area (Å²) in [6, 6.07) is 13.1. The van der Waals surface area contributed by atoms with Crippen LogP contribution in [0.5, 0.6) is 0 Å². The largest absolute Gasteiger partial charge is 0.457 e. The molecule has 0 radical (unpaired) electrons. The molecule has 27 heavy (non-hydrogen) atoms. The number of Topliss-reactive ketones (excluding diaryl/α,β-unsaturated/α-hetero) is 1. The molecule has 140 valence electrons. The number of benzene rings is 2. The van der Waals surface area contributed by atoms with Gasteiger partial charge in [0.15, 0.2) is 12.4 Å². The van der Waals surface area contributed by atoms with Crippen LogP contribution in [-0.4, -0.2) is 30.0 Å². The second-order valence-corrected chi connectivity index (χ2v) is 7.68. The molecule has 1 N–H and O–H groups in total. The highest BCUT2D eigenvalue weighted by atomic mass is 32.2. The first-order chi connectivity index (χ1) is 12.9. The maximum Gasteiger partial charge on any atom is 0.307 e. The number of amides is 1. The second-order valence-electron chi connectivity index (χ2n) is 6.51. The van der Waals surface area contributed by atoms with Crippen LogP contribution in [0.25, 0.3) is 0 Å². The fraction of sp³-hybridized carbons (Fsp3) is 0.286. The van der Waals surface area contributed by atoms with E-state index in [0.717, 1.165) is 16.1 Å². The minimum Gasteiger partial charge on any atom is -0.457 e. The molecule has 0 spiro atoms. The van der Waals surface area contributed by atoms with E-state index >= 15 is 0 Å². The van der Waals surface area contributed by atoms with Crippen molar-refractivity contribution in [3.8, 4) is 0 Å². The molecular weight excluding hydrogens is 362 g/mol. The number of ether oxygens (including phenoxy) is 1. The molecule has 0 saturated heterocycles. The van der Waals surface area contributed by atoms with E-state index in [1.807, 2.05) is 31.2 Å². The second kappa shape index (κ2) is 8.39. The summed E-state index contributed by atoms with van der Waals surface area (Å²) in [5, 5.41) is 2.77. The SMILES string of the molecule is Cc1ccc(SCCC(=O)OCC(=O)c2ccc3c(c2)[C@H](C)C(=O)N3)cc1. The van der Waals surface area contributed by atoms with Gasteiger partial charge in [0.1, 0.15) is 0 Å². The van der Waals surface area contributed by atoms with E-state index in [4.69, 9.17) is 4.74 Å². The van der Waals surface area contributed by atoms with Crippen molar-refractivity contribution in [2.24, 2.45) is 0 Å². The van der Waals surface area contributed by atoms with Crippen molar-refractivity contribution in [2.75, 3.05) is 17.7 Å². The van der Waals surface area contributed by atoms with E-state index in [1.165, 1.54) is 5.56 Å². The Morgan fingerprint density at radius 3 is 2.63 bits per heavy atom. The van der Waals surface area contributed by atoms with Gasteiger partial charge < -0.3 is 10.1 Å². The summed E-state index contributed by atoms with van der Waals surface area (Å²) in [5.41, 5.74) is 3.16. The number of carbonyl (C=O) groups is 3. The van der Waals surface area contributed by atoms with Gasteiger partial charge in [-0.25, -0.2) is 0 Å². The monoisotopic (exact) mass is 383 g/mol. The summed E-state index contributed by atoms with van der Waals surface area (Å²) in [7, 11) is 0. The van der Waals surface area contributed by atoms with Gasteiger partial charge in [0.25, 0.3) is 0 Å². The molecule has 1 aliphatic heterocycles. The van der Waals surface area contributed by atoms with Crippen molar-refractivity contribution in [2.45, 2.75) is 31.1 Å². The van der Waals surface area contributed by atoms with Gasteiger partial charge in [-0.3, -0.25) is 14.4 Å². The Kier molecular flexibility index (Phi) is 5.96. The Balaban J connectivity index is 1.45. The zero-order chi connectivity index (χ0) is 19.4. The van der Waals surface area contributed by atoms with Gasteiger partial charge in [-0.2, -0.15) is 0 Å². The predicted molar refractivity (Wildman–Crippen MR) is 105 cm³/mol. The summed E-state index contributed by atoms with van der Waals surface area (Å²) in [4.78, 5) is 36.9. The zero-order valence-corrected chi connectivity index (χ0v) is 16.1. The molecule has 6 heteroatoms. The van der Waals surface area contributed by atoms with E-state index in [-0.39, 0.29) is 30.6 Å². The molecule has 0 saturated carbocycles. The number of rotatable bonds is 7. The van der Waals surface area contributed by atoms with Gasteiger partial charge in [-0.15, -0.1) is 11.8 Å². The maximum atomic E-state index is 12.3. The van der Waals surface area contributed by atoms with Crippen LogP contribution in [0, 0.1) is 6.92 Å². The topological polar surface area (TPSA) is 72.5 Å². The van der Waals surface area contributed by atoms with Crippen LogP contribution in [0.15, 0.2) is 47.4 Å². The van der Waals surface area contributed by atoms with Crippen molar-refractivity contribution in [3.63, 3.8) is 0 Å². The lowest BCUT2D eigenvalue weighted by molar-refractivity contribution is -0.142. The fourth-order valence-corrected chi connectivity index (χ4v) is 3.61. The van der Waals surface area contributed by atoms with Gasteiger partial charge in [0.05, 0.1) is 12.3 Å². The zero-order valence-electron chi connectivity index (χ0n) is 15.3. The van der Waals surface area contributed by atoms with Crippen LogP contribution in [0.4, 0.5) is 5.69 Å². The molecule has 5 nitrogen and oxygen atoms in total. The average Bonchev–Trinajstić information content (AvgIpc) is 2.95. The van der Waals surface area contributed by atoms with E-state index in [2.05, 4.69) is 5.32 Å². The van der Waals surface area contributed by atoms with E-state index < -0.39 is 5.97 Å². The predicted octanol–water partition coefficient (Wildman–Crippen LogP) is 3.96. The number of esters is 1. The third-order valence-electron chi connectivity index (χ3n) is 4.45. The number of thioether (sulfide) groups is 1. The molecule has 2 aromatic rings. The van der Waals surface area contributed by atoms with Gasteiger partial charge in [0.2, 0.25) is 5.91 Å². The molecule has 0 bridgehead atoms. The highest BCUT2D eigenvalue weighted by molar-refractivity contribution is 7.99. The minimum absolute atomic E-state index is 0.0768. The van der Waals surface area contributed by atoms with Crippen LogP contribution in [0.2, 0.25) is 0 Å². The fourth-order valence-electron chi connectivity index (χ4n) is 2.78. The maximum absolute atomic E-state index is 12.3. The summed E-state index contributed by atoms with van der Waals surface area (Å²) >= 11 is 1.58. The molecule has 0 aliphatic carbocycles. The van der Waals surface area contributed by atoms with Gasteiger partial charge >= 0.3 is 5.97 Å². The Hall–Kier alpha value is -2.60. The highest BCUT2D eigenvalue weighted by Crippen LogP contribution is 2.32. The van der Waals surface area contributed by atoms with Crippen LogP contribution < -0.4 is 5.32 Å². The van der Waals surface area contributed by atoms with Crippen molar-refractivity contribution in [3.05, 3.63) is 59.2 Å². The molecule has 0 aromatic heterocycles. The van der Waals surface area contributed by atoms with Crippen LogP contribution in [0.1, 0.15) is 40.7 Å². The third-order valence-corrected chi connectivity index (χ3v) is 5.47. The molecule has 2 aromatic carbocycles. The first-order valence-corrected chi connectivity index (χ1v) is 9.75. The smallest absolute Gasteiger partial charge is 0.307 e. The lowest BCUT2D eigenvalue weighted by atomic mass is 9.99. The first-order valence-electron chi connectivity index (χ1n) is 8.77. The lowest BCUT2D eigenvalue weighted by Crippen LogP contribution is -2.14. The molecule has 1 heterocycles. The van der Waals surface area contributed by atoms with Crippen molar-refractivity contribution < 1.29 is 19.1 Å². The van der Waals surface area contributed by atoms with Gasteiger partial charge in [-0.1, -0.05) is 17.7 Å². The highest BCUT2D eigenvalue weighted by Gasteiger charge is 2.27. The normalized spacial score (nSPS) is 15.2. The van der Waals surface area contributed by atoms with Crippen LogP contribution in [-0.2, 0) is 14.3 Å². The number of aryl methyl sites for hydroxylation is 1. The van der Waals surface area contributed by atoms with Gasteiger partial charge in [-0.05, 0) is 49.7 Å². The number of hydrogen-bond donors (Lipinski definition) is 1. The van der Waals surface area contributed by atoms with E-state index in [9.17, 15) is 14.4 Å². The first kappa shape index (κ1) is 19.2. The number of fused-ring (bicyclic) bond motifs is 1. The molecule has 1 atom stereocenters. The van der Waals surface area contributed by atoms with E-state index in [1.54, 1.807) is 36.9 Å². The number of carbonyl (C=O) groups excluding carboxylic acids is 3. The summed E-state index contributed by atoms with van der Waals surface area (Å²) < 4.78 is 5.10. The van der Waals surface area contributed by atoms with Gasteiger partial charge in [0, 0.05) is 21.9 Å². The average molecular weight is 383 g/mol. The van der Waals surface area contributed by atoms with Crippen molar-refractivity contribution >= 4 is 35.1 Å². The quantitative estimate of drug-likeness (QED) is 0.445. The summed E-state index contributed by atoms with van der Waals surface area (Å²) in [6.07, 6.45) is 0.242. The number of nitrogens with one attached hydrogen (secondary N) is 1. The molecule has 1 aliphatic rings. The van der Waals surface area contributed by atoms with Crippen molar-refractivity contribution in [1.82, 2.24) is 0 Å². The Labute approximate surface area is 162 Å². The molecule has 3 rings (SSSR count). The standard InChI is InChI=1S/C21H21NO4S/c1-13-3-6-16(7-4-13)27-10-9-20(24)26-12-19(23)15-5-8-18-17(11-15)14(2)21(25)22-18/h3-8,11,14H,9-10,12H2,1-2H3,(H,22,25)/t14-/m0/s1. The number of anilines is 1. The molecular formula is C21H21NO4S. The number of ketones is 1. The summed E-state index contributed by atoms with van der Waals surface area (Å²) in [5.74, 6) is -0.431. The number of hydrogen-bond acceptors (Lipinski definition) is 5. The Morgan fingerprint density at radius 1 is 1.15 bits per heavy atom. The molecule has 0 fully saturated rings. The van der Waals surface area contributed by atoms with Crippen LogP contribution in [0.3, 0.4) is 0 Å². The van der Waals surface area contributed by atoms with Crippen LogP contribution >= 0.6 is 11.8 Å². The lowest BCUT2D eigenvalue weighted by Gasteiger charge is -2.07. The summed E-state index contributed by atoms with van der Waals surface area (Å²) in [6.45, 7) is 3.53. The third kappa shape index (κ3) is 4.77. The Bertz CT molecular complexity index is 876. The molecule has 1 amide bonds. The molecule has 0 unspecified atom stereocenters. The van der Waals surface area contributed by atoms with Crippen molar-refractivity contribution in [1.29, 1.82) is 0 Å².